The summed E-state index contributed by atoms with van der Waals surface area (Å²) in [4.78, 5) is 19.4. The van der Waals surface area contributed by atoms with Crippen LogP contribution in [-0.4, -0.2) is 78.6 Å². The lowest BCUT2D eigenvalue weighted by Crippen LogP contribution is -2.61. The zero-order valence-electron chi connectivity index (χ0n) is 17.2. The largest absolute Gasteiger partial charge is 0.497 e. The van der Waals surface area contributed by atoms with Crippen LogP contribution < -0.4 is 4.74 Å². The predicted octanol–water partition coefficient (Wildman–Crippen LogP) is 2.57. The van der Waals surface area contributed by atoms with Crippen LogP contribution in [0.15, 0.2) is 24.3 Å². The van der Waals surface area contributed by atoms with Gasteiger partial charge in [-0.1, -0.05) is 12.1 Å². The standard InChI is InChI=1S/C23H33N3O2/c1-16(27)24-13-9-19(10-14-24)26-15-21(17-3-5-20(28-2)6-4-17)23-22(26)18-7-11-25(23)12-8-18/h3-6,18-19,21-23H,7-15H2,1-2H3/t21-,22+,23+/m0/s1. The number of carbonyl (C=O) groups excluding carboxylic acids is 1. The molecule has 5 aliphatic rings. The van der Waals surface area contributed by atoms with Crippen LogP contribution >= 0.6 is 0 Å². The van der Waals surface area contributed by atoms with E-state index in [0.717, 1.165) is 37.6 Å². The second kappa shape index (κ2) is 7.34. The first-order valence-corrected chi connectivity index (χ1v) is 11.0. The maximum atomic E-state index is 11.7. The summed E-state index contributed by atoms with van der Waals surface area (Å²) >= 11 is 0. The number of benzene rings is 1. The number of methoxy groups -OCH3 is 1. The number of piperidine rings is 4. The number of nitrogens with zero attached hydrogens (tertiary/aromatic N) is 3. The van der Waals surface area contributed by atoms with Gasteiger partial charge in [0.15, 0.2) is 0 Å². The molecule has 0 radical (unpaired) electrons. The van der Waals surface area contributed by atoms with Crippen molar-refractivity contribution < 1.29 is 9.53 Å². The lowest BCUT2D eigenvalue weighted by atomic mass is 9.75. The summed E-state index contributed by atoms with van der Waals surface area (Å²) in [5.41, 5.74) is 1.46. The highest BCUT2D eigenvalue weighted by molar-refractivity contribution is 5.73. The van der Waals surface area contributed by atoms with Gasteiger partial charge in [0.2, 0.25) is 5.91 Å². The van der Waals surface area contributed by atoms with Crippen LogP contribution in [0.3, 0.4) is 0 Å². The van der Waals surface area contributed by atoms with Gasteiger partial charge in [-0.15, -0.1) is 0 Å². The smallest absolute Gasteiger partial charge is 0.219 e. The number of ether oxygens (including phenoxy) is 1. The Kier molecular flexibility index (Phi) is 4.84. The van der Waals surface area contributed by atoms with Crippen LogP contribution in [0.5, 0.6) is 5.75 Å². The van der Waals surface area contributed by atoms with Gasteiger partial charge < -0.3 is 9.64 Å². The molecule has 0 saturated carbocycles. The molecule has 5 heterocycles. The van der Waals surface area contributed by atoms with Gasteiger partial charge >= 0.3 is 0 Å². The number of amides is 1. The molecule has 5 fully saturated rings. The maximum absolute atomic E-state index is 11.7. The molecule has 5 heteroatoms. The van der Waals surface area contributed by atoms with Crippen molar-refractivity contribution in [1.82, 2.24) is 14.7 Å². The Morgan fingerprint density at radius 2 is 1.64 bits per heavy atom. The van der Waals surface area contributed by atoms with E-state index in [1.165, 1.54) is 38.0 Å². The second-order valence-corrected chi connectivity index (χ2v) is 9.17. The molecule has 0 spiro atoms. The summed E-state index contributed by atoms with van der Waals surface area (Å²) in [6, 6.07) is 10.8. The van der Waals surface area contributed by atoms with E-state index in [-0.39, 0.29) is 5.91 Å². The highest BCUT2D eigenvalue weighted by Crippen LogP contribution is 2.48. The molecule has 5 aliphatic heterocycles. The first kappa shape index (κ1) is 18.4. The fourth-order valence-electron chi connectivity index (χ4n) is 6.53. The molecule has 0 aromatic heterocycles. The number of fused-ring (bicyclic) bond motifs is 2. The van der Waals surface area contributed by atoms with Gasteiger partial charge in [0.05, 0.1) is 7.11 Å². The molecule has 5 saturated heterocycles. The van der Waals surface area contributed by atoms with E-state index in [4.69, 9.17) is 4.74 Å². The summed E-state index contributed by atoms with van der Waals surface area (Å²) in [5, 5.41) is 0. The molecule has 1 aromatic rings. The molecule has 3 atom stereocenters. The van der Waals surface area contributed by atoms with Gasteiger partial charge in [-0.05, 0) is 62.4 Å². The summed E-state index contributed by atoms with van der Waals surface area (Å²) in [6.07, 6.45) is 4.98. The SMILES string of the molecule is COc1ccc([C@@H]2CN(C3CCN(C(C)=O)CC3)[C@@H]3C4CCN(CC4)[C@@H]32)cc1. The first-order valence-electron chi connectivity index (χ1n) is 11.0. The zero-order chi connectivity index (χ0) is 19.3. The summed E-state index contributed by atoms with van der Waals surface area (Å²) in [5.74, 6) is 2.61. The Balaban J connectivity index is 1.40. The zero-order valence-corrected chi connectivity index (χ0v) is 17.2. The van der Waals surface area contributed by atoms with Crippen LogP contribution in [0.1, 0.15) is 44.1 Å². The molecule has 1 amide bonds. The molecule has 2 bridgehead atoms. The monoisotopic (exact) mass is 383 g/mol. The molecule has 152 valence electrons. The van der Waals surface area contributed by atoms with Crippen LogP contribution in [0, 0.1) is 5.92 Å². The highest BCUT2D eigenvalue weighted by Gasteiger charge is 2.54. The Hall–Kier alpha value is -1.59. The average Bonchev–Trinajstić information content (AvgIpc) is 3.17. The minimum absolute atomic E-state index is 0.233. The van der Waals surface area contributed by atoms with Crippen LogP contribution in [0.2, 0.25) is 0 Å². The van der Waals surface area contributed by atoms with Gasteiger partial charge in [-0.2, -0.15) is 0 Å². The number of hydrogen-bond donors (Lipinski definition) is 0. The molecule has 0 N–H and O–H groups in total. The summed E-state index contributed by atoms with van der Waals surface area (Å²) < 4.78 is 5.38. The molecule has 5 nitrogen and oxygen atoms in total. The van der Waals surface area contributed by atoms with Crippen LogP contribution in [0.25, 0.3) is 0 Å². The molecule has 6 rings (SSSR count). The van der Waals surface area contributed by atoms with E-state index in [1.807, 2.05) is 4.90 Å². The number of hydrogen-bond acceptors (Lipinski definition) is 4. The van der Waals surface area contributed by atoms with Crippen LogP contribution in [0.4, 0.5) is 0 Å². The van der Waals surface area contributed by atoms with Crippen molar-refractivity contribution >= 4 is 5.91 Å². The van der Waals surface area contributed by atoms with Gasteiger partial charge in [0, 0.05) is 50.6 Å². The Morgan fingerprint density at radius 1 is 0.964 bits per heavy atom. The quantitative estimate of drug-likeness (QED) is 0.804. The van der Waals surface area contributed by atoms with Crippen LogP contribution in [-0.2, 0) is 4.79 Å². The van der Waals surface area contributed by atoms with Crippen molar-refractivity contribution in [3.8, 4) is 5.75 Å². The van der Waals surface area contributed by atoms with E-state index in [1.54, 1.807) is 14.0 Å². The van der Waals surface area contributed by atoms with Gasteiger partial charge in [0.25, 0.3) is 0 Å². The predicted molar refractivity (Wildman–Crippen MR) is 110 cm³/mol. The molecule has 28 heavy (non-hydrogen) atoms. The van der Waals surface area contributed by atoms with Gasteiger partial charge in [-0.3, -0.25) is 14.6 Å². The van der Waals surface area contributed by atoms with E-state index in [9.17, 15) is 4.79 Å². The topological polar surface area (TPSA) is 36.0 Å². The Bertz CT molecular complexity index is 705. The van der Waals surface area contributed by atoms with E-state index in [2.05, 4.69) is 34.1 Å². The molecule has 1 aromatic carbocycles. The average molecular weight is 384 g/mol. The van der Waals surface area contributed by atoms with Crippen molar-refractivity contribution in [2.24, 2.45) is 5.92 Å². The normalized spacial score (nSPS) is 35.8. The fourth-order valence-corrected chi connectivity index (χ4v) is 6.53. The number of likely N-dealkylation sites (tertiary alicyclic amines) is 2. The third-order valence-electron chi connectivity index (χ3n) is 7.95. The highest BCUT2D eigenvalue weighted by atomic mass is 16.5. The third-order valence-corrected chi connectivity index (χ3v) is 7.95. The fraction of sp³-hybridized carbons (Fsp3) is 0.696. The van der Waals surface area contributed by atoms with Crippen molar-refractivity contribution in [1.29, 1.82) is 0 Å². The molecule has 0 unspecified atom stereocenters. The Labute approximate surface area is 168 Å². The maximum Gasteiger partial charge on any atom is 0.219 e. The lowest BCUT2D eigenvalue weighted by molar-refractivity contribution is -0.130. The Morgan fingerprint density at radius 3 is 2.25 bits per heavy atom. The van der Waals surface area contributed by atoms with Crippen molar-refractivity contribution in [3.05, 3.63) is 29.8 Å². The van der Waals surface area contributed by atoms with E-state index < -0.39 is 0 Å². The van der Waals surface area contributed by atoms with Crippen molar-refractivity contribution in [2.75, 3.05) is 39.8 Å². The minimum Gasteiger partial charge on any atom is -0.497 e. The minimum atomic E-state index is 0.233. The first-order chi connectivity index (χ1) is 13.7. The lowest BCUT2D eigenvalue weighted by Gasteiger charge is -2.53. The van der Waals surface area contributed by atoms with E-state index >= 15 is 0 Å². The van der Waals surface area contributed by atoms with E-state index in [0.29, 0.717) is 24.0 Å². The molecular weight excluding hydrogens is 350 g/mol. The third kappa shape index (κ3) is 3.03. The van der Waals surface area contributed by atoms with Crippen molar-refractivity contribution in [2.45, 2.75) is 56.7 Å². The number of rotatable bonds is 3. The molecular formula is C23H33N3O2. The van der Waals surface area contributed by atoms with Gasteiger partial charge in [-0.25, -0.2) is 0 Å². The molecule has 0 aliphatic carbocycles. The summed E-state index contributed by atoms with van der Waals surface area (Å²) in [7, 11) is 1.74. The number of carbonyl (C=O) groups is 1. The van der Waals surface area contributed by atoms with Gasteiger partial charge in [0.1, 0.15) is 5.75 Å². The second-order valence-electron chi connectivity index (χ2n) is 9.17. The van der Waals surface area contributed by atoms with Crippen molar-refractivity contribution in [3.63, 3.8) is 0 Å². The summed E-state index contributed by atoms with van der Waals surface area (Å²) in [6.45, 7) is 7.27.